The lowest BCUT2D eigenvalue weighted by Gasteiger charge is -2.36. The van der Waals surface area contributed by atoms with Crippen molar-refractivity contribution < 1.29 is 8.42 Å². The van der Waals surface area contributed by atoms with Gasteiger partial charge < -0.3 is 10.6 Å². The van der Waals surface area contributed by atoms with Gasteiger partial charge in [0.1, 0.15) is 5.37 Å². The van der Waals surface area contributed by atoms with Crippen molar-refractivity contribution in [2.45, 2.75) is 12.3 Å². The van der Waals surface area contributed by atoms with Crippen LogP contribution in [0.2, 0.25) is 0 Å². The minimum Gasteiger partial charge on any atom is -0.396 e. The maximum absolute atomic E-state index is 12.1. The van der Waals surface area contributed by atoms with Gasteiger partial charge in [0, 0.05) is 30.0 Å². The second kappa shape index (κ2) is 5.36. The highest BCUT2D eigenvalue weighted by molar-refractivity contribution is 8.01. The normalized spacial score (nSPS) is 20.9. The van der Waals surface area contributed by atoms with E-state index in [1.165, 1.54) is 0 Å². The zero-order chi connectivity index (χ0) is 13.2. The van der Waals surface area contributed by atoms with Gasteiger partial charge in [-0.05, 0) is 6.07 Å². The van der Waals surface area contributed by atoms with Gasteiger partial charge in [-0.15, -0.1) is 0 Å². The molecule has 1 fully saturated rings. The van der Waals surface area contributed by atoms with Crippen LogP contribution in [-0.4, -0.2) is 42.6 Å². The summed E-state index contributed by atoms with van der Waals surface area (Å²) in [5, 5.41) is -0.481. The number of hydrogen-bond donors (Lipinski definition) is 1. The Morgan fingerprint density at radius 3 is 3.06 bits per heavy atom. The van der Waals surface area contributed by atoms with Crippen molar-refractivity contribution in [1.82, 2.24) is 4.98 Å². The SMILES string of the molecule is CCS(=O)(=O)C1CSCCN1c1ccncc1N. The Labute approximate surface area is 112 Å². The van der Waals surface area contributed by atoms with Crippen molar-refractivity contribution in [2.75, 3.05) is 34.4 Å². The monoisotopic (exact) mass is 287 g/mol. The van der Waals surface area contributed by atoms with Crippen molar-refractivity contribution in [3.63, 3.8) is 0 Å². The summed E-state index contributed by atoms with van der Waals surface area (Å²) in [5.74, 6) is 1.66. The summed E-state index contributed by atoms with van der Waals surface area (Å²) in [6.45, 7) is 2.38. The van der Waals surface area contributed by atoms with E-state index in [4.69, 9.17) is 5.73 Å². The number of nitrogen functional groups attached to an aromatic ring is 1. The number of nitrogens with zero attached hydrogens (tertiary/aromatic N) is 2. The molecule has 0 aromatic carbocycles. The molecule has 18 heavy (non-hydrogen) atoms. The van der Waals surface area contributed by atoms with Gasteiger partial charge in [0.05, 0.1) is 17.6 Å². The van der Waals surface area contributed by atoms with E-state index < -0.39 is 15.2 Å². The van der Waals surface area contributed by atoms with Crippen LogP contribution in [0.15, 0.2) is 18.5 Å². The Hall–Kier alpha value is -0.950. The predicted molar refractivity (Wildman–Crippen MR) is 76.6 cm³/mol. The molecular formula is C11H17N3O2S2. The molecule has 7 heteroatoms. The molecule has 0 aliphatic carbocycles. The fourth-order valence-corrected chi connectivity index (χ4v) is 4.99. The van der Waals surface area contributed by atoms with Crippen LogP contribution in [0.3, 0.4) is 0 Å². The molecule has 1 aliphatic rings. The first-order chi connectivity index (χ1) is 8.56. The minimum absolute atomic E-state index is 0.152. The molecule has 0 saturated carbocycles. The van der Waals surface area contributed by atoms with Gasteiger partial charge in [0.25, 0.3) is 0 Å². The lowest BCUT2D eigenvalue weighted by atomic mass is 10.3. The largest absolute Gasteiger partial charge is 0.396 e. The fourth-order valence-electron chi connectivity index (χ4n) is 2.01. The first-order valence-corrected chi connectivity index (χ1v) is 8.68. The summed E-state index contributed by atoms with van der Waals surface area (Å²) >= 11 is 1.67. The van der Waals surface area contributed by atoms with Gasteiger partial charge >= 0.3 is 0 Å². The van der Waals surface area contributed by atoms with Crippen LogP contribution in [0.5, 0.6) is 0 Å². The molecule has 1 saturated heterocycles. The van der Waals surface area contributed by atoms with E-state index in [1.807, 2.05) is 4.90 Å². The second-order valence-electron chi connectivity index (χ2n) is 4.11. The van der Waals surface area contributed by atoms with Crippen molar-refractivity contribution in [2.24, 2.45) is 0 Å². The molecule has 2 rings (SSSR count). The third kappa shape index (κ3) is 2.56. The summed E-state index contributed by atoms with van der Waals surface area (Å²) in [7, 11) is -3.11. The third-order valence-electron chi connectivity index (χ3n) is 3.04. The van der Waals surface area contributed by atoms with Gasteiger partial charge in [-0.1, -0.05) is 6.92 Å². The molecule has 100 valence electrons. The highest BCUT2D eigenvalue weighted by Gasteiger charge is 2.33. The quantitative estimate of drug-likeness (QED) is 0.893. The van der Waals surface area contributed by atoms with Crippen LogP contribution in [0.25, 0.3) is 0 Å². The van der Waals surface area contributed by atoms with Crippen LogP contribution in [0.1, 0.15) is 6.92 Å². The first kappa shape index (κ1) is 13.5. The number of aromatic nitrogens is 1. The van der Waals surface area contributed by atoms with Gasteiger partial charge in [-0.25, -0.2) is 8.42 Å². The van der Waals surface area contributed by atoms with E-state index in [-0.39, 0.29) is 5.75 Å². The van der Waals surface area contributed by atoms with E-state index in [2.05, 4.69) is 4.98 Å². The topological polar surface area (TPSA) is 76.3 Å². The summed E-state index contributed by atoms with van der Waals surface area (Å²) in [4.78, 5) is 5.84. The molecule has 2 heterocycles. The van der Waals surface area contributed by atoms with Crippen molar-refractivity contribution in [3.05, 3.63) is 18.5 Å². The molecule has 1 aromatic heterocycles. The average molecular weight is 287 g/mol. The molecule has 1 aliphatic heterocycles. The molecule has 0 bridgehead atoms. The Kier molecular flexibility index (Phi) is 4.01. The third-order valence-corrected chi connectivity index (χ3v) is 6.33. The number of sulfone groups is 1. The van der Waals surface area contributed by atoms with E-state index in [0.717, 1.165) is 11.4 Å². The lowest BCUT2D eigenvalue weighted by Crippen LogP contribution is -2.48. The summed E-state index contributed by atoms with van der Waals surface area (Å²) in [6.07, 6.45) is 3.20. The standard InChI is InChI=1S/C11H17N3O2S2/c1-2-18(15,16)11-8-17-6-5-14(11)10-3-4-13-7-9(10)12/h3-4,7,11H,2,5-6,8,12H2,1H3. The van der Waals surface area contributed by atoms with Crippen LogP contribution >= 0.6 is 11.8 Å². The lowest BCUT2D eigenvalue weighted by molar-refractivity contribution is 0.580. The van der Waals surface area contributed by atoms with Gasteiger partial charge in [-0.2, -0.15) is 11.8 Å². The van der Waals surface area contributed by atoms with E-state index in [9.17, 15) is 8.42 Å². The zero-order valence-electron chi connectivity index (χ0n) is 10.2. The Morgan fingerprint density at radius 2 is 2.39 bits per heavy atom. The van der Waals surface area contributed by atoms with E-state index >= 15 is 0 Å². The second-order valence-corrected chi connectivity index (χ2v) is 7.71. The average Bonchev–Trinajstić information content (AvgIpc) is 2.39. The molecule has 5 nitrogen and oxygen atoms in total. The van der Waals surface area contributed by atoms with E-state index in [1.54, 1.807) is 37.1 Å². The van der Waals surface area contributed by atoms with Crippen LogP contribution in [-0.2, 0) is 9.84 Å². The number of nitrogens with two attached hydrogens (primary N) is 1. The Bertz CT molecular complexity index is 519. The minimum atomic E-state index is -3.11. The zero-order valence-corrected chi connectivity index (χ0v) is 11.9. The number of anilines is 2. The Morgan fingerprint density at radius 1 is 1.61 bits per heavy atom. The number of pyridine rings is 1. The molecule has 2 N–H and O–H groups in total. The molecule has 1 aromatic rings. The molecule has 0 radical (unpaired) electrons. The smallest absolute Gasteiger partial charge is 0.171 e. The highest BCUT2D eigenvalue weighted by Crippen LogP contribution is 2.30. The van der Waals surface area contributed by atoms with Crippen LogP contribution in [0, 0.1) is 0 Å². The summed E-state index contributed by atoms with van der Waals surface area (Å²) < 4.78 is 24.3. The van der Waals surface area contributed by atoms with Crippen LogP contribution in [0.4, 0.5) is 11.4 Å². The van der Waals surface area contributed by atoms with Crippen LogP contribution < -0.4 is 10.6 Å². The van der Waals surface area contributed by atoms with Gasteiger partial charge in [-0.3, -0.25) is 4.98 Å². The number of thioether (sulfide) groups is 1. The van der Waals surface area contributed by atoms with Crippen molar-refractivity contribution in [1.29, 1.82) is 0 Å². The number of hydrogen-bond acceptors (Lipinski definition) is 6. The number of rotatable bonds is 3. The molecular weight excluding hydrogens is 270 g/mol. The predicted octanol–water partition coefficient (Wildman–Crippen LogP) is 0.978. The van der Waals surface area contributed by atoms with E-state index in [0.29, 0.717) is 18.0 Å². The summed E-state index contributed by atoms with van der Waals surface area (Å²) in [5.41, 5.74) is 7.19. The first-order valence-electron chi connectivity index (χ1n) is 5.81. The molecule has 0 spiro atoms. The molecule has 1 unspecified atom stereocenters. The molecule has 1 atom stereocenters. The van der Waals surface area contributed by atoms with Gasteiger partial charge in [0.2, 0.25) is 0 Å². The van der Waals surface area contributed by atoms with Gasteiger partial charge in [0.15, 0.2) is 9.84 Å². The molecule has 0 amide bonds. The maximum Gasteiger partial charge on any atom is 0.171 e. The summed E-state index contributed by atoms with van der Waals surface area (Å²) in [6, 6.07) is 1.78. The highest BCUT2D eigenvalue weighted by atomic mass is 32.2. The van der Waals surface area contributed by atoms with Crippen molar-refractivity contribution in [3.8, 4) is 0 Å². The fraction of sp³-hybridized carbons (Fsp3) is 0.545. The maximum atomic E-state index is 12.1. The van der Waals surface area contributed by atoms with Crippen molar-refractivity contribution >= 4 is 33.0 Å². The Balaban J connectivity index is 2.38.